The number of rotatable bonds is 13. The van der Waals surface area contributed by atoms with Crippen molar-refractivity contribution in [3.63, 3.8) is 0 Å². The summed E-state index contributed by atoms with van der Waals surface area (Å²) in [6.45, 7) is 6.91. The van der Waals surface area contributed by atoms with Crippen molar-refractivity contribution in [3.8, 4) is 5.75 Å². The Morgan fingerprint density at radius 1 is 0.794 bits per heavy atom. The number of hydrogen-bond acceptors (Lipinski definition) is 2. The third-order valence-corrected chi connectivity index (χ3v) is 8.74. The second-order valence-corrected chi connectivity index (χ2v) is 12.0. The molecule has 0 unspecified atom stereocenters. The van der Waals surface area contributed by atoms with Crippen molar-refractivity contribution in [1.82, 2.24) is 0 Å². The molecule has 2 heteroatoms. The highest BCUT2D eigenvalue weighted by Gasteiger charge is 2.27. The Balaban J connectivity index is 1.31. The van der Waals surface area contributed by atoms with E-state index in [9.17, 15) is 4.79 Å². The van der Waals surface area contributed by atoms with Gasteiger partial charge < -0.3 is 4.74 Å². The van der Waals surface area contributed by atoms with Gasteiger partial charge in [-0.2, -0.15) is 0 Å². The van der Waals surface area contributed by atoms with Crippen LogP contribution in [0.15, 0.2) is 24.3 Å². The zero-order valence-corrected chi connectivity index (χ0v) is 22.5. The lowest BCUT2D eigenvalue weighted by molar-refractivity contribution is -0.140. The third-order valence-electron chi connectivity index (χ3n) is 8.74. The van der Waals surface area contributed by atoms with Crippen molar-refractivity contribution in [2.45, 2.75) is 130 Å². The van der Waals surface area contributed by atoms with Crippen LogP contribution in [0.4, 0.5) is 0 Å². The second-order valence-electron chi connectivity index (χ2n) is 12.0. The van der Waals surface area contributed by atoms with Gasteiger partial charge in [-0.05, 0) is 79.9 Å². The minimum atomic E-state index is -0.0101. The van der Waals surface area contributed by atoms with Crippen LogP contribution in [0, 0.1) is 29.6 Å². The number of ether oxygens (including phenoxy) is 1. The van der Waals surface area contributed by atoms with E-state index in [4.69, 9.17) is 4.74 Å². The van der Waals surface area contributed by atoms with E-state index in [-0.39, 0.29) is 11.9 Å². The summed E-state index contributed by atoms with van der Waals surface area (Å²) in [5.41, 5.74) is 1.38. The second kappa shape index (κ2) is 14.9. The summed E-state index contributed by atoms with van der Waals surface area (Å²) in [6, 6.07) is 8.36. The molecule has 1 aromatic carbocycles. The SMILES string of the molecule is CCCCCC1CCC(CCc2ccc(OC(=O)C3CCC(CCCC(C)C)CC3)cc2)CC1. The van der Waals surface area contributed by atoms with Gasteiger partial charge in [-0.25, -0.2) is 0 Å². The van der Waals surface area contributed by atoms with E-state index in [0.717, 1.165) is 48.7 Å². The number of hydrogen-bond donors (Lipinski definition) is 0. The molecule has 0 amide bonds. The minimum Gasteiger partial charge on any atom is -0.426 e. The average molecular weight is 469 g/mol. The highest BCUT2D eigenvalue weighted by molar-refractivity contribution is 5.75. The molecule has 2 saturated carbocycles. The van der Waals surface area contributed by atoms with Crippen LogP contribution in [0.25, 0.3) is 0 Å². The topological polar surface area (TPSA) is 26.3 Å². The summed E-state index contributed by atoms with van der Waals surface area (Å²) in [5.74, 6) is 4.33. The molecule has 3 rings (SSSR count). The molecule has 0 aromatic heterocycles. The molecule has 0 bridgehead atoms. The van der Waals surface area contributed by atoms with E-state index < -0.39 is 0 Å². The number of carbonyl (C=O) groups is 1. The van der Waals surface area contributed by atoms with Gasteiger partial charge in [0.25, 0.3) is 0 Å². The zero-order chi connectivity index (χ0) is 24.2. The molecule has 0 spiro atoms. The highest BCUT2D eigenvalue weighted by atomic mass is 16.5. The molecule has 192 valence electrons. The lowest BCUT2D eigenvalue weighted by Crippen LogP contribution is -2.25. The van der Waals surface area contributed by atoms with Crippen LogP contribution in [0.2, 0.25) is 0 Å². The summed E-state index contributed by atoms with van der Waals surface area (Å²) in [7, 11) is 0. The fourth-order valence-electron chi connectivity index (χ4n) is 6.29. The predicted molar refractivity (Wildman–Crippen MR) is 144 cm³/mol. The van der Waals surface area contributed by atoms with Crippen molar-refractivity contribution >= 4 is 5.97 Å². The Bertz CT molecular complexity index is 675. The Kier molecular flexibility index (Phi) is 12.0. The van der Waals surface area contributed by atoms with Crippen molar-refractivity contribution in [2.75, 3.05) is 0 Å². The Morgan fingerprint density at radius 2 is 1.35 bits per heavy atom. The van der Waals surface area contributed by atoms with Gasteiger partial charge in [-0.15, -0.1) is 0 Å². The van der Waals surface area contributed by atoms with Crippen molar-refractivity contribution in [3.05, 3.63) is 29.8 Å². The summed E-state index contributed by atoms with van der Waals surface area (Å²) in [5, 5.41) is 0. The Labute approximate surface area is 210 Å². The molecule has 1 aromatic rings. The quantitative estimate of drug-likeness (QED) is 0.164. The smallest absolute Gasteiger partial charge is 0.314 e. The van der Waals surface area contributed by atoms with E-state index >= 15 is 0 Å². The number of carbonyl (C=O) groups excluding carboxylic acids is 1. The first-order valence-electron chi connectivity index (χ1n) is 14.8. The minimum absolute atomic E-state index is 0.0101. The maximum Gasteiger partial charge on any atom is 0.314 e. The van der Waals surface area contributed by atoms with E-state index in [0.29, 0.717) is 0 Å². The van der Waals surface area contributed by atoms with Gasteiger partial charge >= 0.3 is 5.97 Å². The molecule has 0 radical (unpaired) electrons. The van der Waals surface area contributed by atoms with Crippen LogP contribution in [0.5, 0.6) is 5.75 Å². The Morgan fingerprint density at radius 3 is 1.94 bits per heavy atom. The standard InChI is InChI=1S/C32H52O2/c1-4-5-6-9-26-11-13-28(14-12-26)15-16-29-19-23-31(24-20-29)34-32(33)30-21-17-27(18-22-30)10-7-8-25(2)3/h19-20,23-28,30H,4-18,21-22H2,1-3H3. The summed E-state index contributed by atoms with van der Waals surface area (Å²) in [6.07, 6.45) is 22.2. The molecule has 2 nitrogen and oxygen atoms in total. The van der Waals surface area contributed by atoms with Crippen LogP contribution in [-0.2, 0) is 11.2 Å². The van der Waals surface area contributed by atoms with Gasteiger partial charge in [0.2, 0.25) is 0 Å². The van der Waals surface area contributed by atoms with Crippen molar-refractivity contribution in [1.29, 1.82) is 0 Å². The normalized spacial score (nSPS) is 25.4. The lowest BCUT2D eigenvalue weighted by Gasteiger charge is -2.28. The van der Waals surface area contributed by atoms with Crippen LogP contribution >= 0.6 is 0 Å². The first-order valence-corrected chi connectivity index (χ1v) is 14.8. The van der Waals surface area contributed by atoms with Gasteiger partial charge in [0, 0.05) is 0 Å². The fourth-order valence-corrected chi connectivity index (χ4v) is 6.29. The molecule has 2 aliphatic rings. The molecule has 0 saturated heterocycles. The van der Waals surface area contributed by atoms with Crippen LogP contribution in [0.1, 0.15) is 129 Å². The molecule has 0 atom stereocenters. The summed E-state index contributed by atoms with van der Waals surface area (Å²) in [4.78, 5) is 12.7. The van der Waals surface area contributed by atoms with E-state index in [1.807, 2.05) is 12.1 Å². The molecular formula is C32H52O2. The molecule has 0 N–H and O–H groups in total. The maximum atomic E-state index is 12.7. The largest absolute Gasteiger partial charge is 0.426 e. The van der Waals surface area contributed by atoms with Crippen molar-refractivity contribution < 1.29 is 9.53 Å². The average Bonchev–Trinajstić information content (AvgIpc) is 2.85. The molecular weight excluding hydrogens is 416 g/mol. The maximum absolute atomic E-state index is 12.7. The van der Waals surface area contributed by atoms with Gasteiger partial charge in [-0.3, -0.25) is 4.79 Å². The van der Waals surface area contributed by atoms with Crippen LogP contribution in [-0.4, -0.2) is 5.97 Å². The third kappa shape index (κ3) is 9.74. The molecule has 0 aliphatic heterocycles. The number of unbranched alkanes of at least 4 members (excludes halogenated alkanes) is 2. The predicted octanol–water partition coefficient (Wildman–Crippen LogP) is 9.54. The number of benzene rings is 1. The van der Waals surface area contributed by atoms with E-state index in [2.05, 4.69) is 32.9 Å². The molecule has 2 fully saturated rings. The van der Waals surface area contributed by atoms with Crippen LogP contribution < -0.4 is 4.74 Å². The first kappa shape index (κ1) is 27.3. The fraction of sp³-hybridized carbons (Fsp3) is 0.781. The number of esters is 1. The first-order chi connectivity index (χ1) is 16.5. The van der Waals surface area contributed by atoms with E-state index in [1.54, 1.807) is 0 Å². The zero-order valence-electron chi connectivity index (χ0n) is 22.5. The summed E-state index contributed by atoms with van der Waals surface area (Å²) >= 11 is 0. The van der Waals surface area contributed by atoms with Gasteiger partial charge in [0.15, 0.2) is 0 Å². The van der Waals surface area contributed by atoms with Crippen LogP contribution in [0.3, 0.4) is 0 Å². The van der Waals surface area contributed by atoms with E-state index in [1.165, 1.54) is 95.5 Å². The van der Waals surface area contributed by atoms with Gasteiger partial charge in [0.05, 0.1) is 5.92 Å². The molecule has 2 aliphatic carbocycles. The van der Waals surface area contributed by atoms with Gasteiger partial charge in [0.1, 0.15) is 5.75 Å². The monoisotopic (exact) mass is 468 g/mol. The number of aryl methyl sites for hydroxylation is 1. The molecule has 0 heterocycles. The van der Waals surface area contributed by atoms with Crippen molar-refractivity contribution in [2.24, 2.45) is 29.6 Å². The Hall–Kier alpha value is -1.31. The lowest BCUT2D eigenvalue weighted by atomic mass is 9.78. The summed E-state index contributed by atoms with van der Waals surface area (Å²) < 4.78 is 5.76. The van der Waals surface area contributed by atoms with Gasteiger partial charge in [-0.1, -0.05) is 104 Å². The highest BCUT2D eigenvalue weighted by Crippen LogP contribution is 2.35. The molecule has 34 heavy (non-hydrogen) atoms.